The fourth-order valence-electron chi connectivity index (χ4n) is 11.0. The van der Waals surface area contributed by atoms with E-state index in [4.69, 9.17) is 37.0 Å². The lowest BCUT2D eigenvalue weighted by molar-refractivity contribution is -0.161. The van der Waals surface area contributed by atoms with Gasteiger partial charge in [-0.2, -0.15) is 0 Å². The third kappa shape index (κ3) is 69.7. The van der Waals surface area contributed by atoms with Crippen molar-refractivity contribution >= 4 is 39.5 Å². The van der Waals surface area contributed by atoms with Crippen molar-refractivity contribution in [3.8, 4) is 0 Å². The quantitative estimate of drug-likeness (QED) is 0.0169. The van der Waals surface area contributed by atoms with Gasteiger partial charge >= 0.3 is 39.5 Å². The van der Waals surface area contributed by atoms with Crippen molar-refractivity contribution in [2.45, 2.75) is 393 Å². The number of unbranched alkanes of at least 4 members (excludes halogenated alkanes) is 43. The molecular weight excluding hydrogens is 1260 g/mol. The van der Waals surface area contributed by atoms with Crippen LogP contribution in [-0.2, 0) is 65.4 Å². The van der Waals surface area contributed by atoms with Crippen molar-refractivity contribution in [2.75, 3.05) is 39.6 Å². The van der Waals surface area contributed by atoms with Crippen LogP contribution in [-0.4, -0.2) is 96.7 Å². The summed E-state index contributed by atoms with van der Waals surface area (Å²) in [4.78, 5) is 72.8. The predicted molar refractivity (Wildman–Crippen MR) is 391 cm³/mol. The van der Waals surface area contributed by atoms with E-state index >= 15 is 0 Å². The standard InChI is InChI=1S/C77H144O17P2/c1-5-9-13-17-21-25-29-33-35-39-43-47-51-55-59-63-76(81)93-72(67-87-74(79)61-57-53-49-45-41-37-31-27-23-19-15-11-7-3)69-91-95(83,84)89-65-71(78)66-90-96(85,86)92-70-73(68-88-75(80)62-58-54-50-46-42-38-32-28-24-20-16-12-8-4)94-77(82)64-60-56-52-48-44-40-36-34-30-26-22-18-14-10-6-2/h25-27,29-31,71-73,78H,5-24,28,32-70H2,1-4H3,(H,83,84)(H,85,86)/b29-25-,30-26-,31-27-/t71-,72-,73-/m1/s1. The molecule has 0 spiro atoms. The zero-order chi connectivity index (χ0) is 70.4. The number of aliphatic hydroxyl groups is 1. The van der Waals surface area contributed by atoms with E-state index in [1.54, 1.807) is 0 Å². The number of ether oxygens (including phenoxy) is 4. The highest BCUT2D eigenvalue weighted by atomic mass is 31.2. The number of phosphoric ester groups is 2. The molecule has 19 heteroatoms. The summed E-state index contributed by atoms with van der Waals surface area (Å²) in [5.41, 5.74) is 0. The lowest BCUT2D eigenvalue weighted by atomic mass is 10.0. The van der Waals surface area contributed by atoms with Crippen LogP contribution in [0.15, 0.2) is 36.5 Å². The van der Waals surface area contributed by atoms with Crippen LogP contribution in [0.5, 0.6) is 0 Å². The van der Waals surface area contributed by atoms with E-state index in [2.05, 4.69) is 64.2 Å². The molecule has 0 saturated heterocycles. The fraction of sp³-hybridized carbons (Fsp3) is 0.870. The fourth-order valence-corrected chi connectivity index (χ4v) is 12.6. The molecule has 2 unspecified atom stereocenters. The van der Waals surface area contributed by atoms with Gasteiger partial charge in [0.2, 0.25) is 0 Å². The van der Waals surface area contributed by atoms with Crippen LogP contribution in [0.1, 0.15) is 374 Å². The minimum Gasteiger partial charge on any atom is -0.462 e. The molecular formula is C77H144O17P2. The average molecular weight is 1400 g/mol. The van der Waals surface area contributed by atoms with E-state index in [0.717, 1.165) is 161 Å². The molecule has 0 aliphatic heterocycles. The van der Waals surface area contributed by atoms with Gasteiger partial charge in [-0.15, -0.1) is 0 Å². The van der Waals surface area contributed by atoms with E-state index in [-0.39, 0.29) is 25.7 Å². The third-order valence-corrected chi connectivity index (χ3v) is 19.0. The summed E-state index contributed by atoms with van der Waals surface area (Å²) in [6.45, 7) is 4.90. The summed E-state index contributed by atoms with van der Waals surface area (Å²) in [5.74, 6) is -2.15. The second-order valence-corrected chi connectivity index (χ2v) is 29.6. The maximum atomic E-state index is 13.1. The molecule has 0 amide bonds. The number of esters is 4. The van der Waals surface area contributed by atoms with Crippen molar-refractivity contribution < 1.29 is 80.2 Å². The Morgan fingerprint density at radius 3 is 0.729 bits per heavy atom. The van der Waals surface area contributed by atoms with Gasteiger partial charge in [-0.05, 0) is 103 Å². The second-order valence-electron chi connectivity index (χ2n) is 26.7. The van der Waals surface area contributed by atoms with E-state index in [1.807, 2.05) is 0 Å². The summed E-state index contributed by atoms with van der Waals surface area (Å²) < 4.78 is 68.5. The van der Waals surface area contributed by atoms with E-state index < -0.39 is 97.5 Å². The largest absolute Gasteiger partial charge is 0.472 e. The first-order valence-electron chi connectivity index (χ1n) is 39.2. The highest BCUT2D eigenvalue weighted by molar-refractivity contribution is 7.47. The van der Waals surface area contributed by atoms with Crippen molar-refractivity contribution in [3.63, 3.8) is 0 Å². The molecule has 17 nitrogen and oxygen atoms in total. The molecule has 0 rings (SSSR count). The molecule has 0 aliphatic rings. The molecule has 0 aromatic carbocycles. The van der Waals surface area contributed by atoms with Crippen LogP contribution in [0.25, 0.3) is 0 Å². The first kappa shape index (κ1) is 93.3. The first-order valence-corrected chi connectivity index (χ1v) is 42.2. The Kier molecular flexibility index (Phi) is 68.7. The number of carbonyl (C=O) groups excluding carboxylic acids is 4. The molecule has 0 heterocycles. The van der Waals surface area contributed by atoms with Gasteiger partial charge < -0.3 is 33.8 Å². The number of phosphoric acid groups is 2. The van der Waals surface area contributed by atoms with Gasteiger partial charge in [-0.3, -0.25) is 37.3 Å². The molecule has 0 aliphatic carbocycles. The summed E-state index contributed by atoms with van der Waals surface area (Å²) in [6, 6.07) is 0. The molecule has 5 atom stereocenters. The smallest absolute Gasteiger partial charge is 0.462 e. The van der Waals surface area contributed by atoms with Crippen molar-refractivity contribution in [1.29, 1.82) is 0 Å². The predicted octanol–water partition coefficient (Wildman–Crippen LogP) is 22.3. The summed E-state index contributed by atoms with van der Waals surface area (Å²) >= 11 is 0. The normalized spacial score (nSPS) is 14.1. The number of carbonyl (C=O) groups is 4. The summed E-state index contributed by atoms with van der Waals surface area (Å²) in [6.07, 6.45) is 65.5. The Morgan fingerprint density at radius 2 is 0.479 bits per heavy atom. The highest BCUT2D eigenvalue weighted by Gasteiger charge is 2.30. The lowest BCUT2D eigenvalue weighted by Crippen LogP contribution is -2.30. The minimum atomic E-state index is -4.97. The second kappa shape index (κ2) is 70.7. The lowest BCUT2D eigenvalue weighted by Gasteiger charge is -2.21. The minimum absolute atomic E-state index is 0.0946. The average Bonchev–Trinajstić information content (AvgIpc) is 1.19. The summed E-state index contributed by atoms with van der Waals surface area (Å²) in [7, 11) is -9.93. The molecule has 0 radical (unpaired) electrons. The van der Waals surface area contributed by atoms with Crippen LogP contribution < -0.4 is 0 Å². The Hall–Kier alpha value is -2.72. The van der Waals surface area contributed by atoms with Crippen LogP contribution >= 0.6 is 15.6 Å². The maximum Gasteiger partial charge on any atom is 0.472 e. The molecule has 3 N–H and O–H groups in total. The monoisotopic (exact) mass is 1400 g/mol. The molecule has 0 aromatic heterocycles. The Labute approximate surface area is 585 Å². The van der Waals surface area contributed by atoms with E-state index in [1.165, 1.54) is 135 Å². The number of hydrogen-bond acceptors (Lipinski definition) is 15. The van der Waals surface area contributed by atoms with Crippen molar-refractivity contribution in [1.82, 2.24) is 0 Å². The zero-order valence-corrected chi connectivity index (χ0v) is 63.4. The van der Waals surface area contributed by atoms with Gasteiger partial charge in [0, 0.05) is 25.7 Å². The van der Waals surface area contributed by atoms with Gasteiger partial charge in [-0.1, -0.05) is 282 Å². The third-order valence-electron chi connectivity index (χ3n) is 17.1. The molecule has 96 heavy (non-hydrogen) atoms. The van der Waals surface area contributed by atoms with Crippen LogP contribution in [0, 0.1) is 0 Å². The van der Waals surface area contributed by atoms with Gasteiger partial charge in [0.1, 0.15) is 19.3 Å². The number of aliphatic hydroxyl groups excluding tert-OH is 1. The molecule has 0 saturated carbocycles. The van der Waals surface area contributed by atoms with Gasteiger partial charge in [0.05, 0.1) is 26.4 Å². The zero-order valence-electron chi connectivity index (χ0n) is 61.6. The maximum absolute atomic E-state index is 13.1. The first-order chi connectivity index (χ1) is 46.7. The number of hydrogen-bond donors (Lipinski definition) is 3. The Bertz CT molecular complexity index is 1970. The van der Waals surface area contributed by atoms with Crippen molar-refractivity contribution in [2.24, 2.45) is 0 Å². The van der Waals surface area contributed by atoms with Gasteiger partial charge in [-0.25, -0.2) is 9.13 Å². The topological polar surface area (TPSA) is 237 Å². The van der Waals surface area contributed by atoms with E-state index in [0.29, 0.717) is 25.7 Å². The molecule has 0 bridgehead atoms. The molecule has 0 aromatic rings. The van der Waals surface area contributed by atoms with Gasteiger partial charge in [0.25, 0.3) is 0 Å². The Balaban J connectivity index is 5.31. The van der Waals surface area contributed by atoms with Gasteiger partial charge in [0.15, 0.2) is 12.2 Å². The molecule has 564 valence electrons. The highest BCUT2D eigenvalue weighted by Crippen LogP contribution is 2.45. The molecule has 0 fully saturated rings. The Morgan fingerprint density at radius 1 is 0.281 bits per heavy atom. The SMILES string of the molecule is CCCCCC/C=C\CCCCCCCCCC(=O)O[C@H](COC(=O)CCCCCCC/C=C\CCCCCC)COP(=O)(O)OC[C@@H](O)COP(=O)(O)OC[C@@H](COC(=O)CCCCCCCCCCCCCCC)OC(=O)CCCCCCCCC/C=C\CCCCCC. The number of allylic oxidation sites excluding steroid dienone is 6. The van der Waals surface area contributed by atoms with Crippen LogP contribution in [0.4, 0.5) is 0 Å². The summed E-state index contributed by atoms with van der Waals surface area (Å²) in [5, 5.41) is 10.6. The van der Waals surface area contributed by atoms with E-state index in [9.17, 15) is 43.2 Å². The van der Waals surface area contributed by atoms with Crippen LogP contribution in [0.2, 0.25) is 0 Å². The van der Waals surface area contributed by atoms with Crippen LogP contribution in [0.3, 0.4) is 0 Å². The van der Waals surface area contributed by atoms with Crippen molar-refractivity contribution in [3.05, 3.63) is 36.5 Å². The number of rotatable bonds is 75.